The molecule has 2 aromatic rings. The Kier molecular flexibility index (Phi) is 4.19. The van der Waals surface area contributed by atoms with E-state index in [9.17, 15) is 5.11 Å². The van der Waals surface area contributed by atoms with Gasteiger partial charge in [0.1, 0.15) is 0 Å². The molecule has 0 saturated carbocycles. The molecule has 1 saturated heterocycles. The number of aryl methyl sites for hydroxylation is 1. The highest BCUT2D eigenvalue weighted by Gasteiger charge is 2.26. The summed E-state index contributed by atoms with van der Waals surface area (Å²) in [7, 11) is 0. The number of hydrogen-bond donors (Lipinski definition) is 1. The fourth-order valence-corrected chi connectivity index (χ4v) is 4.26. The molecule has 0 amide bonds. The van der Waals surface area contributed by atoms with Gasteiger partial charge >= 0.3 is 0 Å². The molecular weight excluding hydrogens is 282 g/mol. The molecule has 0 bridgehead atoms. The molecule has 2 heteroatoms. The second-order valence-electron chi connectivity index (χ2n) is 6.94. The predicted octanol–water partition coefficient (Wildman–Crippen LogP) is 3.80. The number of hydrogen-bond acceptors (Lipinski definition) is 2. The normalized spacial score (nSPS) is 21.3. The standard InChI is InChI=1S/C21H25NO/c23-15-19-5-1-2-6-21(19)18-8-7-17-14-20(10-9-16(17)13-18)22-11-3-4-12-22/h1-2,5-8,13,20,23H,3-4,9-12,14-15H2. The molecule has 23 heavy (non-hydrogen) atoms. The first-order valence-electron chi connectivity index (χ1n) is 8.90. The maximum Gasteiger partial charge on any atom is 0.0687 e. The number of aliphatic hydroxyl groups excluding tert-OH is 1. The maximum atomic E-state index is 9.57. The lowest BCUT2D eigenvalue weighted by molar-refractivity contribution is 0.222. The van der Waals surface area contributed by atoms with Gasteiger partial charge in [0.25, 0.3) is 0 Å². The van der Waals surface area contributed by atoms with E-state index in [-0.39, 0.29) is 6.61 Å². The van der Waals surface area contributed by atoms with Crippen molar-refractivity contribution in [1.82, 2.24) is 4.90 Å². The van der Waals surface area contributed by atoms with Crippen LogP contribution >= 0.6 is 0 Å². The van der Waals surface area contributed by atoms with Crippen LogP contribution in [0.4, 0.5) is 0 Å². The zero-order chi connectivity index (χ0) is 15.6. The number of aliphatic hydroxyl groups is 1. The van der Waals surface area contributed by atoms with Crippen LogP contribution in [-0.2, 0) is 19.4 Å². The van der Waals surface area contributed by atoms with Crippen LogP contribution in [0.15, 0.2) is 42.5 Å². The Morgan fingerprint density at radius 3 is 2.65 bits per heavy atom. The summed E-state index contributed by atoms with van der Waals surface area (Å²) < 4.78 is 0. The van der Waals surface area contributed by atoms with Gasteiger partial charge in [0.05, 0.1) is 6.61 Å². The van der Waals surface area contributed by atoms with Crippen LogP contribution in [0.2, 0.25) is 0 Å². The van der Waals surface area contributed by atoms with E-state index in [4.69, 9.17) is 0 Å². The second kappa shape index (κ2) is 6.46. The minimum absolute atomic E-state index is 0.101. The zero-order valence-corrected chi connectivity index (χ0v) is 13.7. The Labute approximate surface area is 138 Å². The molecule has 0 aromatic heterocycles. The molecule has 1 aliphatic carbocycles. The van der Waals surface area contributed by atoms with Crippen molar-refractivity contribution in [3.05, 3.63) is 59.2 Å². The summed E-state index contributed by atoms with van der Waals surface area (Å²) in [6.07, 6.45) is 6.43. The van der Waals surface area contributed by atoms with Gasteiger partial charge in [-0.1, -0.05) is 42.5 Å². The van der Waals surface area contributed by atoms with E-state index >= 15 is 0 Å². The van der Waals surface area contributed by atoms with E-state index in [0.29, 0.717) is 0 Å². The molecule has 0 spiro atoms. The molecule has 2 aromatic carbocycles. The van der Waals surface area contributed by atoms with E-state index in [1.165, 1.54) is 67.4 Å². The minimum atomic E-state index is 0.101. The van der Waals surface area contributed by atoms with Gasteiger partial charge in [-0.25, -0.2) is 0 Å². The van der Waals surface area contributed by atoms with Crippen LogP contribution in [0.5, 0.6) is 0 Å². The van der Waals surface area contributed by atoms with Crippen LogP contribution in [0.1, 0.15) is 36.0 Å². The van der Waals surface area contributed by atoms with Crippen molar-refractivity contribution >= 4 is 0 Å². The number of nitrogens with zero attached hydrogens (tertiary/aromatic N) is 1. The molecule has 4 rings (SSSR count). The topological polar surface area (TPSA) is 23.5 Å². The molecule has 1 atom stereocenters. The summed E-state index contributed by atoms with van der Waals surface area (Å²) in [5.74, 6) is 0. The summed E-state index contributed by atoms with van der Waals surface area (Å²) in [4.78, 5) is 2.69. The molecule has 1 heterocycles. The summed E-state index contributed by atoms with van der Waals surface area (Å²) in [5, 5.41) is 9.57. The van der Waals surface area contributed by atoms with Crippen molar-refractivity contribution in [2.24, 2.45) is 0 Å². The first-order valence-corrected chi connectivity index (χ1v) is 8.90. The largest absolute Gasteiger partial charge is 0.392 e. The maximum absolute atomic E-state index is 9.57. The SMILES string of the molecule is OCc1ccccc1-c1ccc2c(c1)CCC(N1CCCC1)C2. The van der Waals surface area contributed by atoms with Crippen molar-refractivity contribution in [3.63, 3.8) is 0 Å². The average molecular weight is 307 g/mol. The number of rotatable bonds is 3. The summed E-state index contributed by atoms with van der Waals surface area (Å²) in [6.45, 7) is 2.69. The van der Waals surface area contributed by atoms with Crippen molar-refractivity contribution in [3.8, 4) is 11.1 Å². The van der Waals surface area contributed by atoms with Gasteiger partial charge in [-0.05, 0) is 73.0 Å². The van der Waals surface area contributed by atoms with Crippen LogP contribution in [-0.4, -0.2) is 29.1 Å². The van der Waals surface area contributed by atoms with Crippen molar-refractivity contribution in [2.75, 3.05) is 13.1 Å². The highest BCUT2D eigenvalue weighted by atomic mass is 16.3. The Morgan fingerprint density at radius 1 is 1.00 bits per heavy atom. The number of likely N-dealkylation sites (tertiary alicyclic amines) is 1. The third-order valence-corrected chi connectivity index (χ3v) is 5.56. The van der Waals surface area contributed by atoms with Crippen molar-refractivity contribution in [1.29, 1.82) is 0 Å². The molecule has 1 fully saturated rings. The van der Waals surface area contributed by atoms with E-state index < -0.39 is 0 Å². The molecule has 120 valence electrons. The predicted molar refractivity (Wildman–Crippen MR) is 94.4 cm³/mol. The third-order valence-electron chi connectivity index (χ3n) is 5.56. The molecular formula is C21H25NO. The van der Waals surface area contributed by atoms with Gasteiger partial charge in [-0.15, -0.1) is 0 Å². The zero-order valence-electron chi connectivity index (χ0n) is 13.7. The van der Waals surface area contributed by atoms with E-state index in [1.807, 2.05) is 12.1 Å². The van der Waals surface area contributed by atoms with Crippen molar-refractivity contribution < 1.29 is 5.11 Å². The van der Waals surface area contributed by atoms with E-state index in [2.05, 4.69) is 35.2 Å². The van der Waals surface area contributed by atoms with Gasteiger partial charge in [0.15, 0.2) is 0 Å². The Hall–Kier alpha value is -1.64. The molecule has 2 aliphatic rings. The lowest BCUT2D eigenvalue weighted by Gasteiger charge is -2.32. The van der Waals surface area contributed by atoms with Crippen LogP contribution < -0.4 is 0 Å². The molecule has 1 unspecified atom stereocenters. The first-order chi connectivity index (χ1) is 11.3. The number of fused-ring (bicyclic) bond motifs is 1. The van der Waals surface area contributed by atoms with E-state index in [0.717, 1.165) is 11.6 Å². The van der Waals surface area contributed by atoms with Gasteiger partial charge in [0, 0.05) is 6.04 Å². The summed E-state index contributed by atoms with van der Waals surface area (Å²) >= 11 is 0. The highest BCUT2D eigenvalue weighted by Crippen LogP contribution is 2.31. The lowest BCUT2D eigenvalue weighted by atomic mass is 9.85. The number of benzene rings is 2. The monoisotopic (exact) mass is 307 g/mol. The van der Waals surface area contributed by atoms with Gasteiger partial charge in [0.2, 0.25) is 0 Å². The van der Waals surface area contributed by atoms with Crippen LogP contribution in [0.25, 0.3) is 11.1 Å². The van der Waals surface area contributed by atoms with E-state index in [1.54, 1.807) is 0 Å². The van der Waals surface area contributed by atoms with Gasteiger partial charge in [-0.2, -0.15) is 0 Å². The molecule has 1 N–H and O–H groups in total. The second-order valence-corrected chi connectivity index (χ2v) is 6.94. The fourth-order valence-electron chi connectivity index (χ4n) is 4.26. The lowest BCUT2D eigenvalue weighted by Crippen LogP contribution is -2.37. The summed E-state index contributed by atoms with van der Waals surface area (Å²) in [6, 6.07) is 15.8. The van der Waals surface area contributed by atoms with Gasteiger partial charge < -0.3 is 10.0 Å². The minimum Gasteiger partial charge on any atom is -0.392 e. The Bertz CT molecular complexity index is 688. The first kappa shape index (κ1) is 14.9. The quantitative estimate of drug-likeness (QED) is 0.932. The Balaban J connectivity index is 1.60. The van der Waals surface area contributed by atoms with Crippen LogP contribution in [0.3, 0.4) is 0 Å². The third kappa shape index (κ3) is 2.93. The summed E-state index contributed by atoms with van der Waals surface area (Å²) in [5.41, 5.74) is 6.45. The molecule has 1 aliphatic heterocycles. The van der Waals surface area contributed by atoms with Crippen LogP contribution in [0, 0.1) is 0 Å². The smallest absolute Gasteiger partial charge is 0.0687 e. The van der Waals surface area contributed by atoms with Crippen molar-refractivity contribution in [2.45, 2.75) is 44.8 Å². The highest BCUT2D eigenvalue weighted by molar-refractivity contribution is 5.68. The molecule has 2 nitrogen and oxygen atoms in total. The van der Waals surface area contributed by atoms with Gasteiger partial charge in [-0.3, -0.25) is 0 Å². The molecule has 0 radical (unpaired) electrons. The fraction of sp³-hybridized carbons (Fsp3) is 0.429. The Morgan fingerprint density at radius 2 is 1.83 bits per heavy atom. The average Bonchev–Trinajstić information content (AvgIpc) is 3.15.